The molecule has 6 nitrogen and oxygen atoms in total. The molecule has 1 aromatic carbocycles. The van der Waals surface area contributed by atoms with E-state index in [1.165, 1.54) is 6.07 Å². The quantitative estimate of drug-likeness (QED) is 0.653. The van der Waals surface area contributed by atoms with E-state index in [-0.39, 0.29) is 30.3 Å². The third kappa shape index (κ3) is 1.45. The zero-order valence-corrected chi connectivity index (χ0v) is 9.72. The first-order valence-corrected chi connectivity index (χ1v) is 5.86. The minimum absolute atomic E-state index is 0.00377. The number of rotatable bonds is 3. The predicted octanol–water partition coefficient (Wildman–Crippen LogP) is 1.74. The van der Waals surface area contributed by atoms with Crippen LogP contribution in [0.1, 0.15) is 24.8 Å². The number of aliphatic hydroxyl groups is 1. The standard InChI is InChI=1S/C12H13NO5/c14-6-12(2-1-3-12)8-4-9(13(15)16)11-10(5-8)17-7-18-11/h4-5,14H,1-3,6-7H2. The lowest BCUT2D eigenvalue weighted by molar-refractivity contribution is -0.385. The fourth-order valence-electron chi connectivity index (χ4n) is 2.58. The number of benzene rings is 1. The van der Waals surface area contributed by atoms with E-state index in [2.05, 4.69) is 0 Å². The van der Waals surface area contributed by atoms with Gasteiger partial charge < -0.3 is 14.6 Å². The van der Waals surface area contributed by atoms with E-state index in [1.54, 1.807) is 6.07 Å². The highest BCUT2D eigenvalue weighted by Gasteiger charge is 2.41. The molecule has 2 aliphatic rings. The molecule has 0 amide bonds. The fourth-order valence-corrected chi connectivity index (χ4v) is 2.58. The number of nitrogens with zero attached hydrogens (tertiary/aromatic N) is 1. The van der Waals surface area contributed by atoms with Crippen LogP contribution in [0.2, 0.25) is 0 Å². The molecular formula is C12H13NO5. The first kappa shape index (κ1) is 11.3. The Morgan fingerprint density at radius 1 is 1.39 bits per heavy atom. The van der Waals surface area contributed by atoms with Crippen LogP contribution in [0, 0.1) is 10.1 Å². The van der Waals surface area contributed by atoms with Gasteiger partial charge in [-0.25, -0.2) is 0 Å². The highest BCUT2D eigenvalue weighted by Crippen LogP contribution is 2.49. The molecule has 0 radical (unpaired) electrons. The fraction of sp³-hybridized carbons (Fsp3) is 0.500. The van der Waals surface area contributed by atoms with Crippen molar-refractivity contribution in [3.63, 3.8) is 0 Å². The molecule has 0 unspecified atom stereocenters. The largest absolute Gasteiger partial charge is 0.453 e. The van der Waals surface area contributed by atoms with Gasteiger partial charge in [-0.05, 0) is 24.5 Å². The Kier molecular flexibility index (Phi) is 2.41. The molecule has 0 aromatic heterocycles. The van der Waals surface area contributed by atoms with Crippen LogP contribution in [0.25, 0.3) is 0 Å². The maximum absolute atomic E-state index is 11.0. The molecule has 18 heavy (non-hydrogen) atoms. The number of aliphatic hydroxyl groups excluding tert-OH is 1. The van der Waals surface area contributed by atoms with Crippen LogP contribution in [0.3, 0.4) is 0 Å². The average Bonchev–Trinajstić information content (AvgIpc) is 2.75. The van der Waals surface area contributed by atoms with Gasteiger partial charge in [0.15, 0.2) is 5.75 Å². The number of ether oxygens (including phenoxy) is 2. The van der Waals surface area contributed by atoms with Crippen molar-refractivity contribution in [1.82, 2.24) is 0 Å². The maximum atomic E-state index is 11.0. The van der Waals surface area contributed by atoms with Crippen LogP contribution in [-0.2, 0) is 5.41 Å². The Bertz CT molecular complexity index is 504. The number of fused-ring (bicyclic) bond motifs is 1. The highest BCUT2D eigenvalue weighted by molar-refractivity contribution is 5.60. The molecular weight excluding hydrogens is 238 g/mol. The lowest BCUT2D eigenvalue weighted by Crippen LogP contribution is -2.37. The topological polar surface area (TPSA) is 81.8 Å². The molecule has 0 atom stereocenters. The van der Waals surface area contributed by atoms with Crippen molar-refractivity contribution in [2.45, 2.75) is 24.7 Å². The lowest BCUT2D eigenvalue weighted by atomic mass is 9.65. The van der Waals surface area contributed by atoms with Crippen LogP contribution < -0.4 is 9.47 Å². The van der Waals surface area contributed by atoms with E-state index >= 15 is 0 Å². The van der Waals surface area contributed by atoms with E-state index < -0.39 is 4.92 Å². The van der Waals surface area contributed by atoms with Gasteiger partial charge in [0.25, 0.3) is 0 Å². The molecule has 0 bridgehead atoms. The second-order valence-corrected chi connectivity index (χ2v) is 4.78. The van der Waals surface area contributed by atoms with Gasteiger partial charge in [0, 0.05) is 11.5 Å². The highest BCUT2D eigenvalue weighted by atomic mass is 16.7. The van der Waals surface area contributed by atoms with Crippen molar-refractivity contribution in [3.05, 3.63) is 27.8 Å². The van der Waals surface area contributed by atoms with Crippen LogP contribution in [0.4, 0.5) is 5.69 Å². The zero-order valence-electron chi connectivity index (χ0n) is 9.72. The predicted molar refractivity (Wildman–Crippen MR) is 61.8 cm³/mol. The van der Waals surface area contributed by atoms with Crippen molar-refractivity contribution < 1.29 is 19.5 Å². The monoisotopic (exact) mass is 251 g/mol. The SMILES string of the molecule is O=[N+]([O-])c1cc(C2(CO)CCC2)cc2c1OCO2. The van der Waals surface area contributed by atoms with Gasteiger partial charge in [0.05, 0.1) is 11.5 Å². The Balaban J connectivity index is 2.12. The summed E-state index contributed by atoms with van der Waals surface area (Å²) < 4.78 is 10.3. The molecule has 3 rings (SSSR count). The van der Waals surface area contributed by atoms with Gasteiger partial charge in [-0.15, -0.1) is 0 Å². The van der Waals surface area contributed by atoms with Crippen molar-refractivity contribution >= 4 is 5.69 Å². The second-order valence-electron chi connectivity index (χ2n) is 4.78. The summed E-state index contributed by atoms with van der Waals surface area (Å²) in [6, 6.07) is 3.26. The Morgan fingerprint density at radius 3 is 2.72 bits per heavy atom. The van der Waals surface area contributed by atoms with Crippen LogP contribution in [-0.4, -0.2) is 23.4 Å². The summed E-state index contributed by atoms with van der Waals surface area (Å²) in [5.41, 5.74) is 0.345. The summed E-state index contributed by atoms with van der Waals surface area (Å²) in [5.74, 6) is 0.593. The molecule has 1 N–H and O–H groups in total. The Morgan fingerprint density at radius 2 is 2.17 bits per heavy atom. The summed E-state index contributed by atoms with van der Waals surface area (Å²) in [5, 5.41) is 20.6. The Labute approximate surface area is 103 Å². The maximum Gasteiger partial charge on any atom is 0.315 e. The van der Waals surface area contributed by atoms with Crippen LogP contribution in [0.15, 0.2) is 12.1 Å². The molecule has 1 saturated carbocycles. The van der Waals surface area contributed by atoms with Gasteiger partial charge in [0.1, 0.15) is 0 Å². The van der Waals surface area contributed by atoms with Gasteiger partial charge in [0.2, 0.25) is 12.5 Å². The second kappa shape index (κ2) is 3.84. The minimum Gasteiger partial charge on any atom is -0.453 e. The van der Waals surface area contributed by atoms with E-state index in [0.717, 1.165) is 24.8 Å². The zero-order chi connectivity index (χ0) is 12.8. The summed E-state index contributed by atoms with van der Waals surface area (Å²) in [6.07, 6.45) is 2.73. The van der Waals surface area contributed by atoms with Crippen molar-refractivity contribution in [2.24, 2.45) is 0 Å². The van der Waals surface area contributed by atoms with E-state index in [9.17, 15) is 15.2 Å². The average molecular weight is 251 g/mol. The molecule has 1 aliphatic carbocycles. The van der Waals surface area contributed by atoms with Crippen molar-refractivity contribution in [2.75, 3.05) is 13.4 Å². The van der Waals surface area contributed by atoms with E-state index in [1.807, 2.05) is 0 Å². The summed E-state index contributed by atoms with van der Waals surface area (Å²) >= 11 is 0. The number of hydrogen-bond acceptors (Lipinski definition) is 5. The molecule has 6 heteroatoms. The van der Waals surface area contributed by atoms with E-state index in [0.29, 0.717) is 5.75 Å². The molecule has 1 aliphatic heterocycles. The summed E-state index contributed by atoms with van der Waals surface area (Å²) in [4.78, 5) is 10.6. The molecule has 1 heterocycles. The molecule has 1 fully saturated rings. The molecule has 0 saturated heterocycles. The van der Waals surface area contributed by atoms with Gasteiger partial charge in [-0.2, -0.15) is 0 Å². The molecule has 0 spiro atoms. The van der Waals surface area contributed by atoms with Crippen molar-refractivity contribution in [3.8, 4) is 11.5 Å². The third-order valence-corrected chi connectivity index (χ3v) is 3.88. The van der Waals surface area contributed by atoms with Crippen LogP contribution >= 0.6 is 0 Å². The third-order valence-electron chi connectivity index (χ3n) is 3.88. The van der Waals surface area contributed by atoms with Crippen LogP contribution in [0.5, 0.6) is 11.5 Å². The summed E-state index contributed by atoms with van der Waals surface area (Å²) in [6.45, 7) is 0.00947. The van der Waals surface area contributed by atoms with Gasteiger partial charge in [-0.1, -0.05) is 6.42 Å². The van der Waals surface area contributed by atoms with E-state index in [4.69, 9.17) is 9.47 Å². The normalized spacial score (nSPS) is 19.4. The first-order chi connectivity index (χ1) is 8.66. The summed E-state index contributed by atoms with van der Waals surface area (Å²) in [7, 11) is 0. The smallest absolute Gasteiger partial charge is 0.315 e. The Hall–Kier alpha value is -1.82. The molecule has 96 valence electrons. The number of nitro benzene ring substituents is 1. The van der Waals surface area contributed by atoms with Gasteiger partial charge >= 0.3 is 5.69 Å². The van der Waals surface area contributed by atoms with Gasteiger partial charge in [-0.3, -0.25) is 10.1 Å². The first-order valence-electron chi connectivity index (χ1n) is 5.86. The lowest BCUT2D eigenvalue weighted by Gasteiger charge is -2.40. The minimum atomic E-state index is -0.471. The number of nitro groups is 1. The van der Waals surface area contributed by atoms with Crippen molar-refractivity contribution in [1.29, 1.82) is 0 Å². The number of hydrogen-bond donors (Lipinski definition) is 1. The molecule has 1 aromatic rings.